The number of piperidine rings is 1. The summed E-state index contributed by atoms with van der Waals surface area (Å²) in [4.78, 5) is 8.01. The minimum absolute atomic E-state index is 0.698. The van der Waals surface area contributed by atoms with E-state index >= 15 is 0 Å². The van der Waals surface area contributed by atoms with Gasteiger partial charge in [0.25, 0.3) is 0 Å². The second kappa shape index (κ2) is 5.05. The number of hydrogen-bond acceptors (Lipinski definition) is 4. The van der Waals surface area contributed by atoms with E-state index in [1.54, 1.807) is 11.3 Å². The topological polar surface area (TPSA) is 28.2 Å². The highest BCUT2D eigenvalue weighted by molar-refractivity contribution is 7.11. The summed E-state index contributed by atoms with van der Waals surface area (Å²) in [5, 5.41) is 4.78. The van der Waals surface area contributed by atoms with E-state index in [0.29, 0.717) is 6.04 Å². The molecule has 0 spiro atoms. The van der Waals surface area contributed by atoms with Crippen molar-refractivity contribution in [3.8, 4) is 0 Å². The molecule has 3 nitrogen and oxygen atoms in total. The van der Waals surface area contributed by atoms with Crippen LogP contribution in [-0.2, 0) is 6.54 Å². The van der Waals surface area contributed by atoms with Crippen LogP contribution in [0.4, 0.5) is 0 Å². The van der Waals surface area contributed by atoms with Crippen LogP contribution in [0.2, 0.25) is 0 Å². The van der Waals surface area contributed by atoms with E-state index in [9.17, 15) is 0 Å². The van der Waals surface area contributed by atoms with Crippen molar-refractivity contribution in [1.82, 2.24) is 15.2 Å². The summed E-state index contributed by atoms with van der Waals surface area (Å²) >= 11 is 1.79. The number of nitrogens with zero attached hydrogens (tertiary/aromatic N) is 2. The average molecular weight is 225 g/mol. The second-order valence-electron chi connectivity index (χ2n) is 4.30. The quantitative estimate of drug-likeness (QED) is 0.847. The van der Waals surface area contributed by atoms with Crippen LogP contribution >= 0.6 is 11.3 Å². The van der Waals surface area contributed by atoms with E-state index in [4.69, 9.17) is 0 Å². The zero-order chi connectivity index (χ0) is 10.7. The average Bonchev–Trinajstić information content (AvgIpc) is 2.64. The van der Waals surface area contributed by atoms with Crippen LogP contribution in [0.5, 0.6) is 0 Å². The predicted octanol–water partition coefficient (Wildman–Crippen LogP) is 1.64. The summed E-state index contributed by atoms with van der Waals surface area (Å²) < 4.78 is 0. The van der Waals surface area contributed by atoms with Gasteiger partial charge < -0.3 is 10.2 Å². The Morgan fingerprint density at radius 1 is 1.53 bits per heavy atom. The maximum absolute atomic E-state index is 4.26. The van der Waals surface area contributed by atoms with Crippen LogP contribution in [0.15, 0.2) is 6.20 Å². The van der Waals surface area contributed by atoms with Crippen LogP contribution < -0.4 is 5.32 Å². The molecule has 0 amide bonds. The Balaban J connectivity index is 1.74. The van der Waals surface area contributed by atoms with Crippen molar-refractivity contribution in [2.75, 3.05) is 20.1 Å². The SMILES string of the molecule is Cc1ncc(CNC2CCN(C)CC2)s1. The molecule has 1 aliphatic rings. The first-order chi connectivity index (χ1) is 7.24. The molecule has 15 heavy (non-hydrogen) atoms. The first-order valence-corrected chi connectivity index (χ1v) is 6.39. The third-order valence-corrected chi connectivity index (χ3v) is 3.87. The molecule has 1 aromatic heterocycles. The van der Waals surface area contributed by atoms with Crippen molar-refractivity contribution < 1.29 is 0 Å². The maximum Gasteiger partial charge on any atom is 0.0897 e. The number of aromatic nitrogens is 1. The van der Waals surface area contributed by atoms with Gasteiger partial charge in [-0.2, -0.15) is 0 Å². The van der Waals surface area contributed by atoms with Crippen molar-refractivity contribution in [1.29, 1.82) is 0 Å². The summed E-state index contributed by atoms with van der Waals surface area (Å²) in [5.74, 6) is 0. The fourth-order valence-corrected chi connectivity index (χ4v) is 2.69. The predicted molar refractivity (Wildman–Crippen MR) is 64.2 cm³/mol. The molecular formula is C11H19N3S. The fourth-order valence-electron chi connectivity index (χ4n) is 1.94. The minimum atomic E-state index is 0.698. The van der Waals surface area contributed by atoms with Gasteiger partial charge >= 0.3 is 0 Å². The number of rotatable bonds is 3. The molecule has 0 unspecified atom stereocenters. The normalized spacial score (nSPS) is 19.6. The standard InChI is InChI=1S/C11H19N3S/c1-9-12-7-11(15-9)8-13-10-3-5-14(2)6-4-10/h7,10,13H,3-6,8H2,1-2H3. The molecular weight excluding hydrogens is 206 g/mol. The molecule has 0 aromatic carbocycles. The molecule has 0 saturated carbocycles. The summed E-state index contributed by atoms with van der Waals surface area (Å²) in [6, 6.07) is 0.698. The summed E-state index contributed by atoms with van der Waals surface area (Å²) in [7, 11) is 2.20. The molecule has 1 N–H and O–H groups in total. The Morgan fingerprint density at radius 3 is 2.87 bits per heavy atom. The van der Waals surface area contributed by atoms with Crippen molar-refractivity contribution in [2.45, 2.75) is 32.4 Å². The molecule has 2 rings (SSSR count). The highest BCUT2D eigenvalue weighted by atomic mass is 32.1. The molecule has 84 valence electrons. The Morgan fingerprint density at radius 2 is 2.27 bits per heavy atom. The molecule has 1 saturated heterocycles. The van der Waals surface area contributed by atoms with Gasteiger partial charge in [0.15, 0.2) is 0 Å². The van der Waals surface area contributed by atoms with Crippen LogP contribution in [0.3, 0.4) is 0 Å². The minimum Gasteiger partial charge on any atom is -0.309 e. The molecule has 4 heteroatoms. The molecule has 0 radical (unpaired) electrons. The van der Waals surface area contributed by atoms with E-state index in [1.165, 1.54) is 30.8 Å². The third-order valence-electron chi connectivity index (χ3n) is 2.95. The van der Waals surface area contributed by atoms with Gasteiger partial charge in [-0.15, -0.1) is 11.3 Å². The van der Waals surface area contributed by atoms with Crippen molar-refractivity contribution >= 4 is 11.3 Å². The van der Waals surface area contributed by atoms with Gasteiger partial charge in [-0.3, -0.25) is 0 Å². The lowest BCUT2D eigenvalue weighted by Gasteiger charge is -2.29. The second-order valence-corrected chi connectivity index (χ2v) is 5.62. The van der Waals surface area contributed by atoms with Crippen molar-refractivity contribution in [3.63, 3.8) is 0 Å². The lowest BCUT2D eigenvalue weighted by molar-refractivity contribution is 0.234. The Kier molecular flexibility index (Phi) is 3.72. The Hall–Kier alpha value is -0.450. The zero-order valence-corrected chi connectivity index (χ0v) is 10.3. The third kappa shape index (κ3) is 3.26. The van der Waals surface area contributed by atoms with Gasteiger partial charge in [-0.05, 0) is 39.9 Å². The lowest BCUT2D eigenvalue weighted by atomic mass is 10.1. The first-order valence-electron chi connectivity index (χ1n) is 5.57. The van der Waals surface area contributed by atoms with Gasteiger partial charge in [0.2, 0.25) is 0 Å². The lowest BCUT2D eigenvalue weighted by Crippen LogP contribution is -2.40. The van der Waals surface area contributed by atoms with Crippen molar-refractivity contribution in [2.24, 2.45) is 0 Å². The highest BCUT2D eigenvalue weighted by Crippen LogP contribution is 2.13. The van der Waals surface area contributed by atoms with Crippen LogP contribution in [0, 0.1) is 6.92 Å². The Bertz CT molecular complexity index is 303. The van der Waals surface area contributed by atoms with Crippen LogP contribution in [-0.4, -0.2) is 36.1 Å². The molecule has 1 fully saturated rings. The zero-order valence-electron chi connectivity index (χ0n) is 9.49. The smallest absolute Gasteiger partial charge is 0.0897 e. The summed E-state index contributed by atoms with van der Waals surface area (Å²) in [5.41, 5.74) is 0. The number of thiazole rings is 1. The monoisotopic (exact) mass is 225 g/mol. The van der Waals surface area contributed by atoms with Gasteiger partial charge in [-0.1, -0.05) is 0 Å². The molecule has 0 aliphatic carbocycles. The number of likely N-dealkylation sites (tertiary alicyclic amines) is 1. The fraction of sp³-hybridized carbons (Fsp3) is 0.727. The van der Waals surface area contributed by atoms with Crippen LogP contribution in [0.25, 0.3) is 0 Å². The van der Waals surface area contributed by atoms with E-state index < -0.39 is 0 Å². The van der Waals surface area contributed by atoms with Gasteiger partial charge in [0.1, 0.15) is 0 Å². The van der Waals surface area contributed by atoms with E-state index in [1.807, 2.05) is 6.20 Å². The molecule has 0 atom stereocenters. The number of aryl methyl sites for hydroxylation is 1. The van der Waals surface area contributed by atoms with Crippen molar-refractivity contribution in [3.05, 3.63) is 16.1 Å². The van der Waals surface area contributed by atoms with E-state index in [0.717, 1.165) is 11.6 Å². The first kappa shape index (κ1) is 11.0. The Labute approximate surface area is 95.5 Å². The summed E-state index contributed by atoms with van der Waals surface area (Å²) in [6.07, 6.45) is 4.53. The highest BCUT2D eigenvalue weighted by Gasteiger charge is 2.15. The van der Waals surface area contributed by atoms with Gasteiger partial charge in [0, 0.05) is 23.7 Å². The molecule has 1 aliphatic heterocycles. The van der Waals surface area contributed by atoms with Gasteiger partial charge in [-0.25, -0.2) is 4.98 Å². The summed E-state index contributed by atoms with van der Waals surface area (Å²) in [6.45, 7) is 5.49. The molecule has 1 aromatic rings. The number of nitrogens with one attached hydrogen (secondary N) is 1. The van der Waals surface area contributed by atoms with Gasteiger partial charge in [0.05, 0.1) is 5.01 Å². The van der Waals surface area contributed by atoms with E-state index in [-0.39, 0.29) is 0 Å². The van der Waals surface area contributed by atoms with Crippen LogP contribution in [0.1, 0.15) is 22.7 Å². The number of hydrogen-bond donors (Lipinski definition) is 1. The largest absolute Gasteiger partial charge is 0.309 e. The maximum atomic E-state index is 4.26. The van der Waals surface area contributed by atoms with E-state index in [2.05, 4.69) is 29.2 Å². The molecule has 0 bridgehead atoms. The molecule has 2 heterocycles.